The lowest BCUT2D eigenvalue weighted by Crippen LogP contribution is -2.25. The van der Waals surface area contributed by atoms with Crippen LogP contribution in [0.4, 0.5) is 0 Å². The Hall–Kier alpha value is -3.15. The Morgan fingerprint density at radius 3 is 2.59 bits per heavy atom. The topological polar surface area (TPSA) is 104 Å². The third-order valence-electron chi connectivity index (χ3n) is 4.93. The number of halogens is 2. The summed E-state index contributed by atoms with van der Waals surface area (Å²) in [5.41, 5.74) is 7.62. The van der Waals surface area contributed by atoms with Crippen LogP contribution in [0, 0.1) is 11.3 Å². The smallest absolute Gasteiger partial charge is 0.338 e. The fraction of sp³-hybridized carbons (Fsp3) is 0.217. The van der Waals surface area contributed by atoms with E-state index >= 15 is 0 Å². The third-order valence-corrected chi connectivity index (χ3v) is 5.78. The van der Waals surface area contributed by atoms with Crippen molar-refractivity contribution in [3.63, 3.8) is 0 Å². The van der Waals surface area contributed by atoms with E-state index in [9.17, 15) is 10.1 Å². The SMILES string of the molecule is COC(=O)C1=C(C)OC(N)=C(C#N)[C@H]1c1ccc(OC)c(COc2ccc(Cl)cc2Br)c1. The molecule has 7 nitrogen and oxygen atoms in total. The highest BCUT2D eigenvalue weighted by Gasteiger charge is 2.36. The lowest BCUT2D eigenvalue weighted by molar-refractivity contribution is -0.136. The van der Waals surface area contributed by atoms with Gasteiger partial charge in [0, 0.05) is 10.6 Å². The van der Waals surface area contributed by atoms with Gasteiger partial charge in [0.15, 0.2) is 0 Å². The Kier molecular flexibility index (Phi) is 7.33. The molecule has 2 N–H and O–H groups in total. The highest BCUT2D eigenvalue weighted by atomic mass is 79.9. The van der Waals surface area contributed by atoms with Gasteiger partial charge in [-0.2, -0.15) is 5.26 Å². The average molecular weight is 520 g/mol. The first kappa shape index (κ1) is 23.5. The maximum atomic E-state index is 12.5. The van der Waals surface area contributed by atoms with Gasteiger partial charge in [-0.25, -0.2) is 4.79 Å². The minimum atomic E-state index is -0.756. The minimum Gasteiger partial charge on any atom is -0.496 e. The number of allylic oxidation sites excluding steroid dienone is 2. The van der Waals surface area contributed by atoms with E-state index in [-0.39, 0.29) is 29.4 Å². The van der Waals surface area contributed by atoms with Crippen molar-refractivity contribution in [1.29, 1.82) is 5.26 Å². The highest BCUT2D eigenvalue weighted by molar-refractivity contribution is 9.10. The molecule has 0 saturated heterocycles. The van der Waals surface area contributed by atoms with Crippen LogP contribution in [0.1, 0.15) is 24.0 Å². The van der Waals surface area contributed by atoms with E-state index in [0.717, 1.165) is 0 Å². The lowest BCUT2D eigenvalue weighted by Gasteiger charge is -2.27. The molecular formula is C23H20BrClN2O5. The average Bonchev–Trinajstić information content (AvgIpc) is 2.77. The molecule has 0 bridgehead atoms. The van der Waals surface area contributed by atoms with Crippen molar-refractivity contribution in [2.75, 3.05) is 14.2 Å². The van der Waals surface area contributed by atoms with Crippen molar-refractivity contribution >= 4 is 33.5 Å². The predicted octanol–water partition coefficient (Wildman–Crippen LogP) is 4.94. The molecule has 0 amide bonds. The maximum absolute atomic E-state index is 12.5. The standard InChI is InChI=1S/C23H20BrClN2O5/c1-12-20(23(28)30-3)21(16(10-26)22(27)32-12)13-4-6-18(29-2)14(8-13)11-31-19-7-5-15(25)9-17(19)24/h4-9,21H,11,27H2,1-3H3/t21-/m1/s1. The van der Waals surface area contributed by atoms with Gasteiger partial charge >= 0.3 is 5.97 Å². The van der Waals surface area contributed by atoms with Crippen molar-refractivity contribution in [1.82, 2.24) is 0 Å². The molecule has 32 heavy (non-hydrogen) atoms. The Balaban J connectivity index is 2.04. The molecular weight excluding hydrogens is 500 g/mol. The second-order valence-electron chi connectivity index (χ2n) is 6.82. The van der Waals surface area contributed by atoms with E-state index in [1.54, 1.807) is 50.4 Å². The van der Waals surface area contributed by atoms with Gasteiger partial charge in [0.1, 0.15) is 35.5 Å². The van der Waals surface area contributed by atoms with Gasteiger partial charge in [-0.3, -0.25) is 0 Å². The Labute approximate surface area is 199 Å². The number of nitrogens with zero attached hydrogens (tertiary/aromatic N) is 1. The van der Waals surface area contributed by atoms with Crippen molar-refractivity contribution in [2.45, 2.75) is 19.4 Å². The first-order chi connectivity index (χ1) is 15.3. The van der Waals surface area contributed by atoms with Crippen LogP contribution in [-0.2, 0) is 20.9 Å². The monoisotopic (exact) mass is 518 g/mol. The molecule has 166 valence electrons. The zero-order chi connectivity index (χ0) is 23.4. The van der Waals surface area contributed by atoms with Crippen LogP contribution in [-0.4, -0.2) is 20.2 Å². The fourth-order valence-corrected chi connectivity index (χ4v) is 4.23. The maximum Gasteiger partial charge on any atom is 0.338 e. The number of nitriles is 1. The van der Waals surface area contributed by atoms with Crippen LogP contribution >= 0.6 is 27.5 Å². The summed E-state index contributed by atoms with van der Waals surface area (Å²) in [7, 11) is 2.82. The molecule has 0 spiro atoms. The molecule has 1 heterocycles. The van der Waals surface area contributed by atoms with Crippen LogP contribution in [0.5, 0.6) is 11.5 Å². The summed E-state index contributed by atoms with van der Waals surface area (Å²) in [6.45, 7) is 1.77. The molecule has 1 aliphatic heterocycles. The van der Waals surface area contributed by atoms with Gasteiger partial charge in [0.05, 0.1) is 30.2 Å². The molecule has 1 aliphatic rings. The van der Waals surface area contributed by atoms with Gasteiger partial charge in [-0.15, -0.1) is 0 Å². The summed E-state index contributed by atoms with van der Waals surface area (Å²) in [5, 5.41) is 10.3. The molecule has 0 aliphatic carbocycles. The number of carbonyl (C=O) groups excluding carboxylic acids is 1. The van der Waals surface area contributed by atoms with Gasteiger partial charge in [0.25, 0.3) is 0 Å². The number of carbonyl (C=O) groups is 1. The Morgan fingerprint density at radius 2 is 1.97 bits per heavy atom. The number of ether oxygens (including phenoxy) is 4. The zero-order valence-electron chi connectivity index (χ0n) is 17.6. The van der Waals surface area contributed by atoms with Crippen molar-refractivity contribution in [3.05, 3.63) is 79.8 Å². The lowest BCUT2D eigenvalue weighted by atomic mass is 9.82. The quantitative estimate of drug-likeness (QED) is 0.539. The Bertz CT molecular complexity index is 1170. The molecule has 0 saturated carbocycles. The van der Waals surface area contributed by atoms with Crippen LogP contribution < -0.4 is 15.2 Å². The normalized spacial score (nSPS) is 15.7. The predicted molar refractivity (Wildman–Crippen MR) is 122 cm³/mol. The summed E-state index contributed by atoms with van der Waals surface area (Å²) in [4.78, 5) is 12.5. The number of hydrogen-bond donors (Lipinski definition) is 1. The van der Waals surface area contributed by atoms with Crippen molar-refractivity contribution in [2.24, 2.45) is 5.73 Å². The fourth-order valence-electron chi connectivity index (χ4n) is 3.43. The van der Waals surface area contributed by atoms with E-state index in [0.29, 0.717) is 32.1 Å². The van der Waals surface area contributed by atoms with E-state index in [1.807, 2.05) is 0 Å². The van der Waals surface area contributed by atoms with E-state index in [2.05, 4.69) is 22.0 Å². The van der Waals surface area contributed by atoms with Crippen molar-refractivity contribution < 1.29 is 23.7 Å². The second-order valence-corrected chi connectivity index (χ2v) is 8.11. The van der Waals surface area contributed by atoms with E-state index < -0.39 is 11.9 Å². The largest absolute Gasteiger partial charge is 0.496 e. The molecule has 0 aromatic heterocycles. The number of benzene rings is 2. The van der Waals surface area contributed by atoms with E-state index in [4.69, 9.17) is 36.3 Å². The summed E-state index contributed by atoms with van der Waals surface area (Å²) in [6, 6.07) is 12.6. The molecule has 2 aromatic rings. The number of nitrogens with two attached hydrogens (primary N) is 1. The molecule has 2 aromatic carbocycles. The Morgan fingerprint density at radius 1 is 1.25 bits per heavy atom. The van der Waals surface area contributed by atoms with Crippen LogP contribution in [0.2, 0.25) is 5.02 Å². The second kappa shape index (κ2) is 9.98. The van der Waals surface area contributed by atoms with Gasteiger partial charge in [-0.1, -0.05) is 17.7 Å². The highest BCUT2D eigenvalue weighted by Crippen LogP contribution is 2.41. The summed E-state index contributed by atoms with van der Waals surface area (Å²) in [6.07, 6.45) is 0. The number of hydrogen-bond acceptors (Lipinski definition) is 7. The minimum absolute atomic E-state index is 0.0543. The number of methoxy groups -OCH3 is 2. The first-order valence-corrected chi connectivity index (χ1v) is 10.6. The summed E-state index contributed by atoms with van der Waals surface area (Å²) >= 11 is 9.42. The number of rotatable bonds is 6. The zero-order valence-corrected chi connectivity index (χ0v) is 19.9. The van der Waals surface area contributed by atoms with E-state index in [1.165, 1.54) is 7.11 Å². The van der Waals surface area contributed by atoms with Crippen LogP contribution in [0.15, 0.2) is 63.7 Å². The summed E-state index contributed by atoms with van der Waals surface area (Å²) < 4.78 is 22.5. The van der Waals surface area contributed by atoms with Gasteiger partial charge in [-0.05, 0) is 58.7 Å². The van der Waals surface area contributed by atoms with Crippen molar-refractivity contribution in [3.8, 4) is 17.6 Å². The first-order valence-electron chi connectivity index (χ1n) is 9.42. The van der Waals surface area contributed by atoms with Gasteiger partial charge < -0.3 is 24.7 Å². The molecule has 9 heteroatoms. The number of esters is 1. The molecule has 1 atom stereocenters. The molecule has 0 radical (unpaired) electrons. The van der Waals surface area contributed by atoms with Crippen LogP contribution in [0.25, 0.3) is 0 Å². The molecule has 3 rings (SSSR count). The van der Waals surface area contributed by atoms with Gasteiger partial charge in [0.2, 0.25) is 5.88 Å². The molecule has 0 unspecified atom stereocenters. The van der Waals surface area contributed by atoms with Crippen LogP contribution in [0.3, 0.4) is 0 Å². The summed E-state index contributed by atoms with van der Waals surface area (Å²) in [5.74, 6) is 0.0421. The third kappa shape index (κ3) is 4.69. The molecule has 0 fully saturated rings.